The Bertz CT molecular complexity index is 344. The zero-order valence-corrected chi connectivity index (χ0v) is 7.86. The van der Waals surface area contributed by atoms with Gasteiger partial charge in [0.25, 0.3) is 0 Å². The molecule has 14 heavy (non-hydrogen) atoms. The molecule has 0 heterocycles. The Morgan fingerprint density at radius 3 is 2.86 bits per heavy atom. The molecule has 0 aromatic heterocycles. The Labute approximate surface area is 82.3 Å². The van der Waals surface area contributed by atoms with E-state index >= 15 is 0 Å². The summed E-state index contributed by atoms with van der Waals surface area (Å²) in [4.78, 5) is 0. The first-order chi connectivity index (χ1) is 6.83. The molecule has 1 aromatic carbocycles. The number of aliphatic hydroxyl groups excluding tert-OH is 1. The molecule has 0 aliphatic carbocycles. The molecular formula is C10H11NO3. The van der Waals surface area contributed by atoms with Gasteiger partial charge in [-0.05, 0) is 12.1 Å². The van der Waals surface area contributed by atoms with Gasteiger partial charge in [-0.25, -0.2) is 0 Å². The number of nitriles is 1. The number of benzene rings is 1. The van der Waals surface area contributed by atoms with Gasteiger partial charge in [0, 0.05) is 0 Å². The average Bonchev–Trinajstić information content (AvgIpc) is 2.25. The number of nitrogens with zero attached hydrogens (tertiary/aromatic N) is 1. The van der Waals surface area contributed by atoms with Crippen LogP contribution in [0.25, 0.3) is 0 Å². The fraction of sp³-hybridized carbons (Fsp3) is 0.300. The molecule has 1 N–H and O–H groups in total. The zero-order chi connectivity index (χ0) is 10.4. The van der Waals surface area contributed by atoms with Crippen molar-refractivity contribution in [1.29, 1.82) is 5.26 Å². The maximum atomic E-state index is 8.79. The summed E-state index contributed by atoms with van der Waals surface area (Å²) < 4.78 is 10.2. The average molecular weight is 193 g/mol. The summed E-state index contributed by atoms with van der Waals surface area (Å²) in [6.45, 7) is 0.0535. The smallest absolute Gasteiger partial charge is 0.178 e. The number of ether oxygens (including phenoxy) is 2. The Morgan fingerprint density at radius 2 is 2.29 bits per heavy atom. The van der Waals surface area contributed by atoms with Crippen LogP contribution in [-0.2, 0) is 0 Å². The largest absolute Gasteiger partial charge is 0.493 e. The number of para-hydroxylation sites is 1. The van der Waals surface area contributed by atoms with Crippen molar-refractivity contribution < 1.29 is 14.6 Å². The molecule has 0 radical (unpaired) electrons. The Morgan fingerprint density at radius 1 is 1.50 bits per heavy atom. The second kappa shape index (κ2) is 5.10. The van der Waals surface area contributed by atoms with Crippen LogP contribution < -0.4 is 9.47 Å². The second-order valence-electron chi connectivity index (χ2n) is 2.52. The van der Waals surface area contributed by atoms with Crippen molar-refractivity contribution >= 4 is 0 Å². The van der Waals surface area contributed by atoms with Crippen molar-refractivity contribution in [2.75, 3.05) is 20.3 Å². The summed E-state index contributed by atoms with van der Waals surface area (Å²) in [7, 11) is 1.50. The topological polar surface area (TPSA) is 62.5 Å². The third kappa shape index (κ3) is 2.15. The lowest BCUT2D eigenvalue weighted by Crippen LogP contribution is -2.04. The molecule has 0 fully saturated rings. The van der Waals surface area contributed by atoms with E-state index in [2.05, 4.69) is 0 Å². The van der Waals surface area contributed by atoms with Gasteiger partial charge in [-0.15, -0.1) is 0 Å². The first-order valence-electron chi connectivity index (χ1n) is 4.14. The molecule has 0 saturated heterocycles. The standard InChI is InChI=1S/C10H11NO3/c1-13-9-4-2-3-8(7-11)10(9)14-6-5-12/h2-4,12H,5-6H2,1H3. The first-order valence-corrected chi connectivity index (χ1v) is 4.14. The number of aliphatic hydroxyl groups is 1. The van der Waals surface area contributed by atoms with Crippen LogP contribution >= 0.6 is 0 Å². The summed E-state index contributed by atoms with van der Waals surface area (Å²) in [6.07, 6.45) is 0. The maximum absolute atomic E-state index is 8.79. The Balaban J connectivity index is 3.01. The molecule has 4 nitrogen and oxygen atoms in total. The number of hydrogen-bond donors (Lipinski definition) is 1. The van der Waals surface area contributed by atoms with Crippen LogP contribution in [0.2, 0.25) is 0 Å². The SMILES string of the molecule is COc1cccc(C#N)c1OCCO. The first kappa shape index (κ1) is 10.4. The molecule has 0 aliphatic rings. The van der Waals surface area contributed by atoms with E-state index in [0.717, 1.165) is 0 Å². The van der Waals surface area contributed by atoms with Gasteiger partial charge >= 0.3 is 0 Å². The van der Waals surface area contributed by atoms with Crippen LogP contribution in [0.15, 0.2) is 18.2 Å². The minimum Gasteiger partial charge on any atom is -0.493 e. The molecule has 0 saturated carbocycles. The van der Waals surface area contributed by atoms with Gasteiger partial charge in [0.1, 0.15) is 12.7 Å². The van der Waals surface area contributed by atoms with Gasteiger partial charge in [-0.2, -0.15) is 5.26 Å². The molecule has 0 spiro atoms. The molecule has 0 aliphatic heterocycles. The highest BCUT2D eigenvalue weighted by atomic mass is 16.5. The summed E-state index contributed by atoms with van der Waals surface area (Å²) in [5.41, 5.74) is 0.401. The van der Waals surface area contributed by atoms with E-state index in [-0.39, 0.29) is 13.2 Å². The number of methoxy groups -OCH3 is 1. The third-order valence-corrected chi connectivity index (χ3v) is 1.66. The number of hydrogen-bond acceptors (Lipinski definition) is 4. The van der Waals surface area contributed by atoms with E-state index in [0.29, 0.717) is 17.1 Å². The van der Waals surface area contributed by atoms with E-state index in [1.165, 1.54) is 7.11 Å². The van der Waals surface area contributed by atoms with Crippen molar-refractivity contribution in [3.05, 3.63) is 23.8 Å². The minimum absolute atomic E-state index is 0.0943. The van der Waals surface area contributed by atoms with Crippen LogP contribution in [0.4, 0.5) is 0 Å². The van der Waals surface area contributed by atoms with Gasteiger partial charge in [-0.1, -0.05) is 6.07 Å². The molecule has 1 rings (SSSR count). The van der Waals surface area contributed by atoms with E-state index in [1.54, 1.807) is 18.2 Å². The van der Waals surface area contributed by atoms with Crippen LogP contribution in [0, 0.1) is 11.3 Å². The lowest BCUT2D eigenvalue weighted by molar-refractivity contribution is 0.196. The minimum atomic E-state index is -0.0943. The molecule has 4 heteroatoms. The molecule has 0 amide bonds. The van der Waals surface area contributed by atoms with Gasteiger partial charge in [0.15, 0.2) is 11.5 Å². The predicted octanol–water partition coefficient (Wildman–Crippen LogP) is 0.938. The molecule has 0 bridgehead atoms. The van der Waals surface area contributed by atoms with Crippen LogP contribution in [0.1, 0.15) is 5.56 Å². The van der Waals surface area contributed by atoms with Crippen molar-refractivity contribution in [3.8, 4) is 17.6 Å². The van der Waals surface area contributed by atoms with Gasteiger partial charge < -0.3 is 14.6 Å². The van der Waals surface area contributed by atoms with Crippen molar-refractivity contribution in [3.63, 3.8) is 0 Å². The lowest BCUT2D eigenvalue weighted by Gasteiger charge is -2.10. The summed E-state index contributed by atoms with van der Waals surface area (Å²) in [6, 6.07) is 7.04. The van der Waals surface area contributed by atoms with Crippen molar-refractivity contribution in [2.24, 2.45) is 0 Å². The Kier molecular flexibility index (Phi) is 3.77. The van der Waals surface area contributed by atoms with Crippen molar-refractivity contribution in [1.82, 2.24) is 0 Å². The van der Waals surface area contributed by atoms with Crippen LogP contribution in [-0.4, -0.2) is 25.4 Å². The highest BCUT2D eigenvalue weighted by Crippen LogP contribution is 2.30. The Hall–Kier alpha value is -1.73. The molecule has 0 unspecified atom stereocenters. The molecule has 0 atom stereocenters. The zero-order valence-electron chi connectivity index (χ0n) is 7.86. The van der Waals surface area contributed by atoms with Crippen LogP contribution in [0.5, 0.6) is 11.5 Å². The van der Waals surface area contributed by atoms with E-state index in [9.17, 15) is 0 Å². The molecule has 1 aromatic rings. The second-order valence-corrected chi connectivity index (χ2v) is 2.52. The normalized spacial score (nSPS) is 9.21. The van der Waals surface area contributed by atoms with E-state index in [1.807, 2.05) is 6.07 Å². The van der Waals surface area contributed by atoms with E-state index < -0.39 is 0 Å². The van der Waals surface area contributed by atoms with Crippen LogP contribution in [0.3, 0.4) is 0 Å². The fourth-order valence-corrected chi connectivity index (χ4v) is 1.06. The lowest BCUT2D eigenvalue weighted by atomic mass is 10.2. The highest BCUT2D eigenvalue weighted by Gasteiger charge is 2.09. The summed E-state index contributed by atoms with van der Waals surface area (Å²) in [5, 5.41) is 17.4. The van der Waals surface area contributed by atoms with E-state index in [4.69, 9.17) is 19.8 Å². The maximum Gasteiger partial charge on any atom is 0.178 e. The highest BCUT2D eigenvalue weighted by molar-refractivity contribution is 5.52. The van der Waals surface area contributed by atoms with Crippen molar-refractivity contribution in [2.45, 2.75) is 0 Å². The quantitative estimate of drug-likeness (QED) is 0.772. The summed E-state index contributed by atoms with van der Waals surface area (Å²) in [5.74, 6) is 0.879. The predicted molar refractivity (Wildman–Crippen MR) is 50.3 cm³/mol. The van der Waals surface area contributed by atoms with Gasteiger partial charge in [0.2, 0.25) is 0 Å². The van der Waals surface area contributed by atoms with Gasteiger partial charge in [0.05, 0.1) is 19.3 Å². The van der Waals surface area contributed by atoms with Gasteiger partial charge in [-0.3, -0.25) is 0 Å². The molecular weight excluding hydrogens is 182 g/mol. The molecule has 74 valence electrons. The number of rotatable bonds is 4. The summed E-state index contributed by atoms with van der Waals surface area (Å²) >= 11 is 0. The third-order valence-electron chi connectivity index (χ3n) is 1.66. The fourth-order valence-electron chi connectivity index (χ4n) is 1.06. The monoisotopic (exact) mass is 193 g/mol.